The molecule has 3 unspecified atom stereocenters. The quantitative estimate of drug-likeness (QED) is 0.397. The van der Waals surface area contributed by atoms with E-state index >= 15 is 0 Å². The molecule has 0 heterocycles. The molecule has 1 aliphatic rings. The van der Waals surface area contributed by atoms with Gasteiger partial charge in [-0.05, 0) is 72.8 Å². The molecule has 3 amide bonds. The molecule has 7 nitrogen and oxygen atoms in total. The largest absolute Gasteiger partial charge is 0.444 e. The van der Waals surface area contributed by atoms with Crippen molar-refractivity contribution in [3.63, 3.8) is 0 Å². The lowest BCUT2D eigenvalue weighted by molar-refractivity contribution is -0.147. The second-order valence-electron chi connectivity index (χ2n) is 10.7. The molecule has 1 saturated carbocycles. The maximum absolute atomic E-state index is 13.9. The van der Waals surface area contributed by atoms with Gasteiger partial charge in [0.25, 0.3) is 0 Å². The molecule has 35 heavy (non-hydrogen) atoms. The first-order valence-corrected chi connectivity index (χ1v) is 13.3. The van der Waals surface area contributed by atoms with Gasteiger partial charge < -0.3 is 20.3 Å². The van der Waals surface area contributed by atoms with Crippen LogP contribution in [0.1, 0.15) is 89.5 Å². The van der Waals surface area contributed by atoms with E-state index in [2.05, 4.69) is 30.2 Å². The Labute approximate surface area is 216 Å². The topological polar surface area (TPSA) is 87.7 Å². The molecule has 2 rings (SSSR count). The van der Waals surface area contributed by atoms with Crippen LogP contribution < -0.4 is 10.6 Å². The van der Waals surface area contributed by atoms with Gasteiger partial charge in [0.1, 0.15) is 17.7 Å². The summed E-state index contributed by atoms with van der Waals surface area (Å²) in [7, 11) is 0. The van der Waals surface area contributed by atoms with Crippen molar-refractivity contribution in [3.8, 4) is 0 Å². The van der Waals surface area contributed by atoms with E-state index in [1.54, 1.807) is 25.7 Å². The van der Waals surface area contributed by atoms with Crippen molar-refractivity contribution in [1.82, 2.24) is 15.5 Å². The molecule has 8 heteroatoms. The molecule has 2 N–H and O–H groups in total. The number of aryl methyl sites for hydroxylation is 2. The van der Waals surface area contributed by atoms with Gasteiger partial charge in [0.15, 0.2) is 0 Å². The highest BCUT2D eigenvalue weighted by Crippen LogP contribution is 2.34. The fourth-order valence-electron chi connectivity index (χ4n) is 4.43. The molecule has 1 aromatic rings. The fourth-order valence-corrected chi connectivity index (χ4v) is 4.68. The molecule has 1 fully saturated rings. The van der Waals surface area contributed by atoms with E-state index in [0.29, 0.717) is 0 Å². The first-order chi connectivity index (χ1) is 16.4. The minimum atomic E-state index is -0.914. The molecule has 0 radical (unpaired) electrons. The van der Waals surface area contributed by atoms with E-state index in [4.69, 9.17) is 4.74 Å². The van der Waals surface area contributed by atoms with Gasteiger partial charge in [0.2, 0.25) is 11.8 Å². The Morgan fingerprint density at radius 3 is 2.17 bits per heavy atom. The van der Waals surface area contributed by atoms with E-state index < -0.39 is 23.8 Å². The zero-order chi connectivity index (χ0) is 26.3. The molecular weight excluding hydrogens is 462 g/mol. The van der Waals surface area contributed by atoms with Gasteiger partial charge >= 0.3 is 6.09 Å². The highest BCUT2D eigenvalue weighted by Gasteiger charge is 2.42. The SMILES string of the molecule is CCCC(C)NC(=O)C(c1cc(C)cc(C)c1)N(C(=O)C(CS)NC(=O)OC(C)(C)C)C1CCC1. The van der Waals surface area contributed by atoms with Crippen molar-refractivity contribution in [3.05, 3.63) is 34.9 Å². The number of hydrogen-bond acceptors (Lipinski definition) is 5. The van der Waals surface area contributed by atoms with Crippen LogP contribution >= 0.6 is 12.6 Å². The monoisotopic (exact) mass is 505 g/mol. The highest BCUT2D eigenvalue weighted by atomic mass is 32.1. The van der Waals surface area contributed by atoms with E-state index in [-0.39, 0.29) is 29.7 Å². The van der Waals surface area contributed by atoms with Gasteiger partial charge in [0, 0.05) is 17.8 Å². The molecule has 0 aromatic heterocycles. The minimum absolute atomic E-state index is 0.0141. The van der Waals surface area contributed by atoms with Crippen molar-refractivity contribution in [2.24, 2.45) is 0 Å². The van der Waals surface area contributed by atoms with Crippen LogP contribution in [0.4, 0.5) is 4.79 Å². The third-order valence-electron chi connectivity index (χ3n) is 6.09. The molecule has 0 aliphatic heterocycles. The average Bonchev–Trinajstić information content (AvgIpc) is 2.67. The summed E-state index contributed by atoms with van der Waals surface area (Å²) in [5.41, 5.74) is 2.13. The molecule has 196 valence electrons. The van der Waals surface area contributed by atoms with Crippen LogP contribution in [0.3, 0.4) is 0 Å². The number of rotatable bonds is 10. The Balaban J connectivity index is 2.46. The smallest absolute Gasteiger partial charge is 0.408 e. The summed E-state index contributed by atoms with van der Waals surface area (Å²) >= 11 is 4.36. The molecular formula is C27H43N3O4S. The Kier molecular flexibility index (Phi) is 10.5. The number of ether oxygens (including phenoxy) is 1. The maximum Gasteiger partial charge on any atom is 0.408 e. The zero-order valence-corrected chi connectivity index (χ0v) is 23.2. The molecule has 1 aromatic carbocycles. The van der Waals surface area contributed by atoms with Crippen LogP contribution in [0.25, 0.3) is 0 Å². The fraction of sp³-hybridized carbons (Fsp3) is 0.667. The first kappa shape index (κ1) is 29.0. The third-order valence-corrected chi connectivity index (χ3v) is 6.46. The van der Waals surface area contributed by atoms with Crippen molar-refractivity contribution in [2.45, 2.75) is 110 Å². The van der Waals surface area contributed by atoms with E-state index in [1.165, 1.54) is 0 Å². The first-order valence-electron chi connectivity index (χ1n) is 12.7. The van der Waals surface area contributed by atoms with Gasteiger partial charge in [-0.25, -0.2) is 4.79 Å². The van der Waals surface area contributed by atoms with Gasteiger partial charge in [-0.15, -0.1) is 0 Å². The third kappa shape index (κ3) is 8.44. The zero-order valence-electron chi connectivity index (χ0n) is 22.3. The number of benzene rings is 1. The highest BCUT2D eigenvalue weighted by molar-refractivity contribution is 7.80. The molecule has 0 spiro atoms. The molecule has 3 atom stereocenters. The Bertz CT molecular complexity index is 875. The number of nitrogens with one attached hydrogen (secondary N) is 2. The van der Waals surface area contributed by atoms with Crippen molar-refractivity contribution < 1.29 is 19.1 Å². The maximum atomic E-state index is 13.9. The lowest BCUT2D eigenvalue weighted by atomic mass is 9.87. The minimum Gasteiger partial charge on any atom is -0.444 e. The van der Waals surface area contributed by atoms with Crippen LogP contribution in [0.5, 0.6) is 0 Å². The number of hydrogen-bond donors (Lipinski definition) is 3. The lowest BCUT2D eigenvalue weighted by Crippen LogP contribution is -2.58. The number of amides is 3. The van der Waals surface area contributed by atoms with E-state index in [1.807, 2.05) is 39.0 Å². The summed E-state index contributed by atoms with van der Waals surface area (Å²) in [4.78, 5) is 41.8. The number of carbonyl (C=O) groups is 3. The van der Waals surface area contributed by atoms with Crippen LogP contribution in [0.15, 0.2) is 18.2 Å². The summed E-state index contributed by atoms with van der Waals surface area (Å²) in [5.74, 6) is -0.432. The number of alkyl carbamates (subject to hydrolysis) is 1. The lowest BCUT2D eigenvalue weighted by Gasteiger charge is -2.43. The predicted molar refractivity (Wildman–Crippen MR) is 143 cm³/mol. The van der Waals surface area contributed by atoms with Crippen LogP contribution in [-0.2, 0) is 14.3 Å². The van der Waals surface area contributed by atoms with Crippen LogP contribution in [0, 0.1) is 13.8 Å². The van der Waals surface area contributed by atoms with Gasteiger partial charge in [-0.1, -0.05) is 42.7 Å². The van der Waals surface area contributed by atoms with Gasteiger partial charge in [-0.2, -0.15) is 12.6 Å². The Morgan fingerprint density at radius 2 is 1.71 bits per heavy atom. The van der Waals surface area contributed by atoms with Gasteiger partial charge in [0.05, 0.1) is 0 Å². The molecule has 1 aliphatic carbocycles. The summed E-state index contributed by atoms with van der Waals surface area (Å²) in [6, 6.07) is 4.18. The molecule has 0 saturated heterocycles. The number of nitrogens with zero attached hydrogens (tertiary/aromatic N) is 1. The standard InChI is InChI=1S/C27H43N3O4S/c1-8-10-19(4)28-24(31)23(20-14-17(2)13-18(3)15-20)30(21-11-9-12-21)25(32)22(16-35)29-26(33)34-27(5,6)7/h13-15,19,21-23,35H,8-12,16H2,1-7H3,(H,28,31)(H,29,33). The van der Waals surface area contributed by atoms with Crippen molar-refractivity contribution >= 4 is 30.5 Å². The summed E-state index contributed by atoms with van der Waals surface area (Å²) < 4.78 is 5.37. The summed E-state index contributed by atoms with van der Waals surface area (Å²) in [6.45, 7) is 13.3. The van der Waals surface area contributed by atoms with Gasteiger partial charge in [-0.3, -0.25) is 9.59 Å². The summed E-state index contributed by atoms with van der Waals surface area (Å²) in [6.07, 6.45) is 3.74. The molecule has 0 bridgehead atoms. The normalized spacial score (nSPS) is 16.5. The van der Waals surface area contributed by atoms with E-state index in [9.17, 15) is 14.4 Å². The average molecular weight is 506 g/mol. The second kappa shape index (κ2) is 12.7. The predicted octanol–water partition coefficient (Wildman–Crippen LogP) is 4.85. The van der Waals surface area contributed by atoms with E-state index in [0.717, 1.165) is 48.8 Å². The Hall–Kier alpha value is -2.22. The van der Waals surface area contributed by atoms with Crippen LogP contribution in [-0.4, -0.2) is 52.3 Å². The van der Waals surface area contributed by atoms with Crippen molar-refractivity contribution in [2.75, 3.05) is 5.75 Å². The number of carbonyl (C=O) groups excluding carboxylic acids is 3. The summed E-state index contributed by atoms with van der Waals surface area (Å²) in [5, 5.41) is 5.80. The van der Waals surface area contributed by atoms with Crippen LogP contribution in [0.2, 0.25) is 0 Å². The number of thiol groups is 1. The Morgan fingerprint density at radius 1 is 1.11 bits per heavy atom. The van der Waals surface area contributed by atoms with Crippen molar-refractivity contribution in [1.29, 1.82) is 0 Å². The second-order valence-corrected chi connectivity index (χ2v) is 11.1.